The topological polar surface area (TPSA) is 84.7 Å². The van der Waals surface area contributed by atoms with E-state index >= 15 is 0 Å². The number of anilines is 1. The zero-order valence-corrected chi connectivity index (χ0v) is 12.3. The van der Waals surface area contributed by atoms with Gasteiger partial charge in [-0.15, -0.1) is 0 Å². The Hall–Kier alpha value is -2.66. The predicted octanol–water partition coefficient (Wildman–Crippen LogP) is 3.13. The van der Waals surface area contributed by atoms with Gasteiger partial charge in [-0.1, -0.05) is 23.7 Å². The van der Waals surface area contributed by atoms with Crippen molar-refractivity contribution in [1.29, 1.82) is 0 Å². The van der Waals surface area contributed by atoms with Gasteiger partial charge in [0, 0.05) is 29.4 Å². The molecule has 0 unspecified atom stereocenters. The monoisotopic (exact) mass is 312 g/mol. The summed E-state index contributed by atoms with van der Waals surface area (Å²) in [7, 11) is 0. The van der Waals surface area contributed by atoms with Gasteiger partial charge in [-0.25, -0.2) is 0 Å². The molecule has 0 spiro atoms. The van der Waals surface area contributed by atoms with Crippen LogP contribution in [0.15, 0.2) is 48.8 Å². The lowest BCUT2D eigenvalue weighted by Gasteiger charge is -2.01. The van der Waals surface area contributed by atoms with Crippen LogP contribution in [-0.4, -0.2) is 21.0 Å². The van der Waals surface area contributed by atoms with Crippen molar-refractivity contribution in [3.63, 3.8) is 0 Å². The molecule has 2 aromatic heterocycles. The summed E-state index contributed by atoms with van der Waals surface area (Å²) in [5.74, 6) is -0.114. The van der Waals surface area contributed by atoms with Crippen molar-refractivity contribution < 1.29 is 4.79 Å². The largest absolute Gasteiger partial charge is 0.395 e. The zero-order valence-electron chi connectivity index (χ0n) is 11.6. The van der Waals surface area contributed by atoms with E-state index in [1.165, 1.54) is 0 Å². The van der Waals surface area contributed by atoms with Gasteiger partial charge in [0.25, 0.3) is 0 Å². The van der Waals surface area contributed by atoms with Gasteiger partial charge < -0.3 is 5.73 Å². The molecule has 3 aromatic rings. The Morgan fingerprint density at radius 3 is 2.50 bits per heavy atom. The number of pyridine rings is 1. The maximum atomic E-state index is 12.3. The number of ketones is 1. The highest BCUT2D eigenvalue weighted by molar-refractivity contribution is 6.30. The van der Waals surface area contributed by atoms with E-state index in [2.05, 4.69) is 15.2 Å². The third-order valence-electron chi connectivity index (χ3n) is 3.31. The average molecular weight is 313 g/mol. The number of Topliss-reactive ketones (excluding diaryl/α,β-unsaturated/α-hetero) is 1. The molecule has 0 saturated heterocycles. The quantitative estimate of drug-likeness (QED) is 0.725. The lowest BCUT2D eigenvalue weighted by molar-refractivity contribution is 0.0989. The molecule has 3 N–H and O–H groups in total. The van der Waals surface area contributed by atoms with Crippen LogP contribution in [0.5, 0.6) is 0 Å². The number of carbonyl (C=O) groups excluding carboxylic acids is 1. The van der Waals surface area contributed by atoms with Crippen LogP contribution in [-0.2, 0) is 6.42 Å². The number of halogens is 1. The maximum absolute atomic E-state index is 12.3. The van der Waals surface area contributed by atoms with Crippen LogP contribution in [0.25, 0.3) is 11.3 Å². The number of nitrogens with zero attached hydrogens (tertiary/aromatic N) is 2. The summed E-state index contributed by atoms with van der Waals surface area (Å²) in [4.78, 5) is 16.3. The number of carbonyl (C=O) groups is 1. The van der Waals surface area contributed by atoms with Crippen LogP contribution >= 0.6 is 11.6 Å². The molecular weight excluding hydrogens is 300 g/mol. The second kappa shape index (κ2) is 5.99. The first-order valence-corrected chi connectivity index (χ1v) is 7.05. The standard InChI is InChI=1S/C16H13ClN4O/c17-12-3-1-11(2-4-12)15-14(18)16(21-20-15)13(22)9-10-5-7-19-8-6-10/h1-8H,9,18H2,(H,20,21). The van der Waals surface area contributed by atoms with E-state index in [4.69, 9.17) is 17.3 Å². The number of aromatic nitrogens is 3. The molecule has 0 amide bonds. The van der Waals surface area contributed by atoms with Gasteiger partial charge in [0.2, 0.25) is 0 Å². The first kappa shape index (κ1) is 14.3. The van der Waals surface area contributed by atoms with E-state index < -0.39 is 0 Å². The minimum Gasteiger partial charge on any atom is -0.395 e. The Morgan fingerprint density at radius 1 is 1.14 bits per heavy atom. The van der Waals surface area contributed by atoms with Crippen LogP contribution in [0.2, 0.25) is 5.02 Å². The molecule has 0 aliphatic heterocycles. The van der Waals surface area contributed by atoms with E-state index in [9.17, 15) is 4.79 Å². The number of hydrogen-bond acceptors (Lipinski definition) is 4. The molecule has 0 saturated carbocycles. The molecule has 0 bridgehead atoms. The molecule has 0 aliphatic carbocycles. The molecule has 22 heavy (non-hydrogen) atoms. The number of benzene rings is 1. The smallest absolute Gasteiger partial charge is 0.187 e. The molecule has 0 atom stereocenters. The van der Waals surface area contributed by atoms with Crippen molar-refractivity contribution in [2.24, 2.45) is 0 Å². The van der Waals surface area contributed by atoms with Crippen LogP contribution in [0.1, 0.15) is 16.1 Å². The van der Waals surface area contributed by atoms with Crippen molar-refractivity contribution in [1.82, 2.24) is 15.2 Å². The maximum Gasteiger partial charge on any atom is 0.187 e. The zero-order chi connectivity index (χ0) is 15.5. The number of rotatable bonds is 4. The van der Waals surface area contributed by atoms with E-state index in [1.807, 2.05) is 12.1 Å². The molecule has 3 rings (SSSR count). The molecule has 0 aliphatic rings. The molecule has 2 heterocycles. The Morgan fingerprint density at radius 2 is 1.82 bits per heavy atom. The third kappa shape index (κ3) is 2.84. The second-order valence-electron chi connectivity index (χ2n) is 4.82. The molecule has 110 valence electrons. The van der Waals surface area contributed by atoms with Crippen molar-refractivity contribution in [2.45, 2.75) is 6.42 Å². The van der Waals surface area contributed by atoms with Crippen molar-refractivity contribution in [2.75, 3.05) is 5.73 Å². The van der Waals surface area contributed by atoms with Crippen molar-refractivity contribution in [3.05, 3.63) is 65.1 Å². The average Bonchev–Trinajstić information content (AvgIpc) is 2.91. The van der Waals surface area contributed by atoms with Gasteiger partial charge in [-0.2, -0.15) is 5.10 Å². The summed E-state index contributed by atoms with van der Waals surface area (Å²) < 4.78 is 0. The van der Waals surface area contributed by atoms with E-state index in [0.29, 0.717) is 22.1 Å². The van der Waals surface area contributed by atoms with E-state index in [-0.39, 0.29) is 12.2 Å². The summed E-state index contributed by atoms with van der Waals surface area (Å²) in [6.45, 7) is 0. The predicted molar refractivity (Wildman–Crippen MR) is 85.7 cm³/mol. The van der Waals surface area contributed by atoms with Gasteiger partial charge in [-0.05, 0) is 29.8 Å². The highest BCUT2D eigenvalue weighted by Gasteiger charge is 2.18. The summed E-state index contributed by atoms with van der Waals surface area (Å²) in [6.07, 6.45) is 3.55. The summed E-state index contributed by atoms with van der Waals surface area (Å²) in [5.41, 5.74) is 8.97. The van der Waals surface area contributed by atoms with Crippen molar-refractivity contribution in [3.8, 4) is 11.3 Å². The Labute approximate surface area is 132 Å². The first-order chi connectivity index (χ1) is 10.6. The molecule has 1 aromatic carbocycles. The van der Waals surface area contributed by atoms with Gasteiger partial charge in [0.05, 0.1) is 5.69 Å². The molecule has 6 heteroatoms. The van der Waals surface area contributed by atoms with Crippen LogP contribution < -0.4 is 5.73 Å². The number of hydrogen-bond donors (Lipinski definition) is 2. The minimum atomic E-state index is -0.114. The normalized spacial score (nSPS) is 10.6. The SMILES string of the molecule is Nc1c(-c2ccc(Cl)cc2)n[nH]c1C(=O)Cc1ccncc1. The lowest BCUT2D eigenvalue weighted by atomic mass is 10.1. The first-order valence-electron chi connectivity index (χ1n) is 6.67. The highest BCUT2D eigenvalue weighted by Crippen LogP contribution is 2.27. The lowest BCUT2D eigenvalue weighted by Crippen LogP contribution is -2.07. The summed E-state index contributed by atoms with van der Waals surface area (Å²) in [6, 6.07) is 10.7. The number of nitrogens with two attached hydrogens (primary N) is 1. The Kier molecular flexibility index (Phi) is 3.89. The number of nitrogen functional groups attached to an aromatic ring is 1. The number of H-pyrrole nitrogens is 1. The molecule has 5 nitrogen and oxygen atoms in total. The van der Waals surface area contributed by atoms with Crippen molar-refractivity contribution >= 4 is 23.1 Å². The van der Waals surface area contributed by atoms with E-state index in [1.54, 1.807) is 36.7 Å². The molecule has 0 fully saturated rings. The van der Waals surface area contributed by atoms with Crippen LogP contribution in [0.3, 0.4) is 0 Å². The van der Waals surface area contributed by atoms with Gasteiger partial charge in [0.15, 0.2) is 5.78 Å². The van der Waals surface area contributed by atoms with Gasteiger partial charge in [0.1, 0.15) is 11.4 Å². The minimum absolute atomic E-state index is 0.114. The highest BCUT2D eigenvalue weighted by atomic mass is 35.5. The summed E-state index contributed by atoms with van der Waals surface area (Å²) >= 11 is 5.87. The Balaban J connectivity index is 1.87. The fourth-order valence-electron chi connectivity index (χ4n) is 2.17. The second-order valence-corrected chi connectivity index (χ2v) is 5.26. The number of nitrogens with one attached hydrogen (secondary N) is 1. The molecular formula is C16H13ClN4O. The Bertz CT molecular complexity index is 797. The molecule has 0 radical (unpaired) electrons. The van der Waals surface area contributed by atoms with Crippen LogP contribution in [0.4, 0.5) is 5.69 Å². The third-order valence-corrected chi connectivity index (χ3v) is 3.57. The fourth-order valence-corrected chi connectivity index (χ4v) is 2.29. The summed E-state index contributed by atoms with van der Waals surface area (Å²) in [5, 5.41) is 7.52. The fraction of sp³-hybridized carbons (Fsp3) is 0.0625. The van der Waals surface area contributed by atoms with Gasteiger partial charge in [-0.3, -0.25) is 14.9 Å². The van der Waals surface area contributed by atoms with Gasteiger partial charge >= 0.3 is 0 Å². The van der Waals surface area contributed by atoms with E-state index in [0.717, 1.165) is 11.1 Å². The van der Waals surface area contributed by atoms with Crippen LogP contribution in [0, 0.1) is 0 Å². The number of aromatic amines is 1.